The van der Waals surface area contributed by atoms with E-state index in [1.165, 1.54) is 44.5 Å². The SMILES string of the molecule is C=C1CCN(CCC(C)C)CC1. The Hall–Kier alpha value is -0.300. The smallest absolute Gasteiger partial charge is 0.00186 e. The van der Waals surface area contributed by atoms with E-state index in [1.807, 2.05) is 0 Å². The standard InChI is InChI=1S/C11H21N/c1-10(2)4-7-12-8-5-11(3)6-9-12/h10H,3-9H2,1-2H3. The van der Waals surface area contributed by atoms with E-state index < -0.39 is 0 Å². The van der Waals surface area contributed by atoms with Crippen molar-refractivity contribution < 1.29 is 0 Å². The van der Waals surface area contributed by atoms with Crippen LogP contribution in [0.2, 0.25) is 0 Å². The number of piperidine rings is 1. The van der Waals surface area contributed by atoms with Gasteiger partial charge in [-0.25, -0.2) is 0 Å². The van der Waals surface area contributed by atoms with Gasteiger partial charge in [0.05, 0.1) is 0 Å². The van der Waals surface area contributed by atoms with Crippen molar-refractivity contribution in [3.05, 3.63) is 12.2 Å². The lowest BCUT2D eigenvalue weighted by Gasteiger charge is -2.28. The van der Waals surface area contributed by atoms with Gasteiger partial charge < -0.3 is 4.90 Å². The second-order valence-corrected chi connectivity index (χ2v) is 4.27. The molecule has 0 amide bonds. The molecule has 1 aliphatic rings. The molecule has 0 N–H and O–H groups in total. The Morgan fingerprint density at radius 2 is 1.92 bits per heavy atom. The van der Waals surface area contributed by atoms with Gasteiger partial charge in [0.2, 0.25) is 0 Å². The quantitative estimate of drug-likeness (QED) is 0.584. The minimum Gasteiger partial charge on any atom is -0.303 e. The zero-order valence-electron chi connectivity index (χ0n) is 8.47. The minimum atomic E-state index is 0.843. The molecule has 1 rings (SSSR count). The van der Waals surface area contributed by atoms with Crippen LogP contribution < -0.4 is 0 Å². The molecule has 0 aromatic carbocycles. The van der Waals surface area contributed by atoms with Crippen LogP contribution in [0.15, 0.2) is 12.2 Å². The van der Waals surface area contributed by atoms with Gasteiger partial charge in [-0.2, -0.15) is 0 Å². The Bertz CT molecular complexity index is 139. The fourth-order valence-electron chi connectivity index (χ4n) is 1.53. The maximum Gasteiger partial charge on any atom is 0.00186 e. The van der Waals surface area contributed by atoms with E-state index in [0.29, 0.717) is 0 Å². The van der Waals surface area contributed by atoms with Crippen molar-refractivity contribution in [2.45, 2.75) is 33.1 Å². The molecule has 0 aromatic rings. The molecule has 0 atom stereocenters. The second-order valence-electron chi connectivity index (χ2n) is 4.27. The zero-order valence-corrected chi connectivity index (χ0v) is 8.47. The molecule has 0 saturated carbocycles. The van der Waals surface area contributed by atoms with Crippen LogP contribution in [0.5, 0.6) is 0 Å². The first-order valence-electron chi connectivity index (χ1n) is 5.07. The predicted molar refractivity (Wildman–Crippen MR) is 54.3 cm³/mol. The third-order valence-corrected chi connectivity index (χ3v) is 2.59. The summed E-state index contributed by atoms with van der Waals surface area (Å²) in [6.45, 7) is 12.4. The van der Waals surface area contributed by atoms with Gasteiger partial charge in [-0.3, -0.25) is 0 Å². The molecule has 0 spiro atoms. The Kier molecular flexibility index (Phi) is 3.80. The van der Waals surface area contributed by atoms with Crippen LogP contribution in [0, 0.1) is 5.92 Å². The summed E-state index contributed by atoms with van der Waals surface area (Å²) in [6, 6.07) is 0. The van der Waals surface area contributed by atoms with Crippen LogP contribution in [0.4, 0.5) is 0 Å². The molecule has 0 bridgehead atoms. The molecule has 0 aromatic heterocycles. The highest BCUT2D eigenvalue weighted by atomic mass is 15.1. The van der Waals surface area contributed by atoms with Crippen molar-refractivity contribution in [2.75, 3.05) is 19.6 Å². The highest BCUT2D eigenvalue weighted by Crippen LogP contribution is 2.14. The van der Waals surface area contributed by atoms with E-state index in [9.17, 15) is 0 Å². The molecular weight excluding hydrogens is 146 g/mol. The van der Waals surface area contributed by atoms with E-state index in [4.69, 9.17) is 0 Å². The number of hydrogen-bond donors (Lipinski definition) is 0. The van der Waals surface area contributed by atoms with Crippen molar-refractivity contribution >= 4 is 0 Å². The van der Waals surface area contributed by atoms with Gasteiger partial charge in [0.15, 0.2) is 0 Å². The second kappa shape index (κ2) is 4.66. The summed E-state index contributed by atoms with van der Waals surface area (Å²) in [5.41, 5.74) is 1.44. The molecule has 0 radical (unpaired) electrons. The van der Waals surface area contributed by atoms with Crippen LogP contribution >= 0.6 is 0 Å². The van der Waals surface area contributed by atoms with Crippen molar-refractivity contribution in [1.82, 2.24) is 4.90 Å². The summed E-state index contributed by atoms with van der Waals surface area (Å²) in [4.78, 5) is 2.56. The number of nitrogens with zero attached hydrogens (tertiary/aromatic N) is 1. The van der Waals surface area contributed by atoms with Crippen molar-refractivity contribution in [3.8, 4) is 0 Å². The van der Waals surface area contributed by atoms with Crippen LogP contribution in [-0.2, 0) is 0 Å². The van der Waals surface area contributed by atoms with Gasteiger partial charge in [-0.15, -0.1) is 0 Å². The van der Waals surface area contributed by atoms with E-state index in [1.54, 1.807) is 0 Å². The molecular formula is C11H21N. The van der Waals surface area contributed by atoms with Crippen LogP contribution in [0.25, 0.3) is 0 Å². The molecule has 1 saturated heterocycles. The summed E-state index contributed by atoms with van der Waals surface area (Å²) in [5, 5.41) is 0. The third kappa shape index (κ3) is 3.40. The minimum absolute atomic E-state index is 0.843. The maximum absolute atomic E-state index is 4.02. The normalized spacial score (nSPS) is 20.4. The molecule has 1 aliphatic heterocycles. The molecule has 70 valence electrons. The highest BCUT2D eigenvalue weighted by Gasteiger charge is 2.11. The zero-order chi connectivity index (χ0) is 8.97. The largest absolute Gasteiger partial charge is 0.303 e. The van der Waals surface area contributed by atoms with E-state index in [0.717, 1.165) is 5.92 Å². The highest BCUT2D eigenvalue weighted by molar-refractivity contribution is 4.98. The van der Waals surface area contributed by atoms with Gasteiger partial charge in [-0.1, -0.05) is 26.0 Å². The average molecular weight is 167 g/mol. The topological polar surface area (TPSA) is 3.24 Å². The van der Waals surface area contributed by atoms with Crippen LogP contribution in [0.1, 0.15) is 33.1 Å². The fourth-order valence-corrected chi connectivity index (χ4v) is 1.53. The summed E-state index contributed by atoms with van der Waals surface area (Å²) >= 11 is 0. The predicted octanol–water partition coefficient (Wildman–Crippen LogP) is 2.68. The number of hydrogen-bond acceptors (Lipinski definition) is 1. The van der Waals surface area contributed by atoms with Gasteiger partial charge in [-0.05, 0) is 31.7 Å². The Morgan fingerprint density at radius 3 is 2.42 bits per heavy atom. The van der Waals surface area contributed by atoms with Gasteiger partial charge in [0.25, 0.3) is 0 Å². The summed E-state index contributed by atoms with van der Waals surface area (Å²) < 4.78 is 0. The van der Waals surface area contributed by atoms with Crippen LogP contribution in [0.3, 0.4) is 0 Å². The van der Waals surface area contributed by atoms with Gasteiger partial charge in [0.1, 0.15) is 0 Å². The number of rotatable bonds is 3. The third-order valence-electron chi connectivity index (χ3n) is 2.59. The molecule has 0 aliphatic carbocycles. The van der Waals surface area contributed by atoms with Gasteiger partial charge >= 0.3 is 0 Å². The first kappa shape index (κ1) is 9.79. The van der Waals surface area contributed by atoms with E-state index in [-0.39, 0.29) is 0 Å². The molecule has 1 heterocycles. The number of likely N-dealkylation sites (tertiary alicyclic amines) is 1. The first-order chi connectivity index (χ1) is 5.68. The lowest BCUT2D eigenvalue weighted by atomic mass is 10.0. The van der Waals surface area contributed by atoms with Crippen LogP contribution in [-0.4, -0.2) is 24.5 Å². The molecule has 1 heteroatoms. The first-order valence-corrected chi connectivity index (χ1v) is 5.07. The van der Waals surface area contributed by atoms with E-state index in [2.05, 4.69) is 25.3 Å². The Balaban J connectivity index is 2.13. The van der Waals surface area contributed by atoms with E-state index >= 15 is 0 Å². The Morgan fingerprint density at radius 1 is 1.33 bits per heavy atom. The van der Waals surface area contributed by atoms with Crippen molar-refractivity contribution in [1.29, 1.82) is 0 Å². The molecule has 0 unspecified atom stereocenters. The lowest BCUT2D eigenvalue weighted by Crippen LogP contribution is -2.31. The summed E-state index contributed by atoms with van der Waals surface area (Å²) in [6.07, 6.45) is 3.78. The molecule has 12 heavy (non-hydrogen) atoms. The summed E-state index contributed by atoms with van der Waals surface area (Å²) in [5.74, 6) is 0.843. The average Bonchev–Trinajstić information content (AvgIpc) is 2.03. The Labute approximate surface area is 76.5 Å². The summed E-state index contributed by atoms with van der Waals surface area (Å²) in [7, 11) is 0. The molecule has 1 fully saturated rings. The monoisotopic (exact) mass is 167 g/mol. The maximum atomic E-state index is 4.02. The molecule has 1 nitrogen and oxygen atoms in total. The van der Waals surface area contributed by atoms with Crippen molar-refractivity contribution in [2.24, 2.45) is 5.92 Å². The van der Waals surface area contributed by atoms with Crippen molar-refractivity contribution in [3.63, 3.8) is 0 Å². The van der Waals surface area contributed by atoms with Gasteiger partial charge in [0, 0.05) is 13.1 Å². The lowest BCUT2D eigenvalue weighted by molar-refractivity contribution is 0.242. The fraction of sp³-hybridized carbons (Fsp3) is 0.818.